The number of nitrogens with zero attached hydrogens (tertiary/aromatic N) is 2. The SMILES string of the molecule is O=C(c1cccnc1Br)N1CCCCC1. The van der Waals surface area contributed by atoms with Crippen molar-refractivity contribution < 1.29 is 4.79 Å². The molecule has 1 saturated heterocycles. The van der Waals surface area contributed by atoms with Gasteiger partial charge in [-0.1, -0.05) is 0 Å². The summed E-state index contributed by atoms with van der Waals surface area (Å²) in [6, 6.07) is 3.61. The first-order valence-electron chi connectivity index (χ1n) is 5.19. The second-order valence-corrected chi connectivity index (χ2v) is 4.45. The lowest BCUT2D eigenvalue weighted by Gasteiger charge is -2.26. The molecule has 0 aromatic carbocycles. The molecule has 4 heteroatoms. The summed E-state index contributed by atoms with van der Waals surface area (Å²) in [5.74, 6) is 0.0923. The van der Waals surface area contributed by atoms with Crippen molar-refractivity contribution in [1.82, 2.24) is 9.88 Å². The molecule has 0 saturated carbocycles. The number of hydrogen-bond donors (Lipinski definition) is 0. The first-order valence-corrected chi connectivity index (χ1v) is 5.98. The van der Waals surface area contributed by atoms with Crippen molar-refractivity contribution in [3.05, 3.63) is 28.5 Å². The quantitative estimate of drug-likeness (QED) is 0.734. The molecule has 0 spiro atoms. The molecule has 1 fully saturated rings. The van der Waals surface area contributed by atoms with Crippen LogP contribution in [0.3, 0.4) is 0 Å². The molecule has 1 aromatic rings. The van der Waals surface area contributed by atoms with Crippen LogP contribution in [0, 0.1) is 0 Å². The molecule has 0 atom stereocenters. The van der Waals surface area contributed by atoms with Gasteiger partial charge in [0.15, 0.2) is 0 Å². The van der Waals surface area contributed by atoms with Gasteiger partial charge in [0.2, 0.25) is 0 Å². The van der Waals surface area contributed by atoms with Gasteiger partial charge in [0.1, 0.15) is 4.60 Å². The van der Waals surface area contributed by atoms with Gasteiger partial charge < -0.3 is 4.90 Å². The number of piperidine rings is 1. The van der Waals surface area contributed by atoms with Crippen LogP contribution in [0.4, 0.5) is 0 Å². The molecular weight excluding hydrogens is 256 g/mol. The van der Waals surface area contributed by atoms with Gasteiger partial charge in [-0.15, -0.1) is 0 Å². The van der Waals surface area contributed by atoms with Crippen LogP contribution in [-0.2, 0) is 0 Å². The first-order chi connectivity index (χ1) is 7.29. The van der Waals surface area contributed by atoms with Gasteiger partial charge in [-0.25, -0.2) is 4.98 Å². The minimum Gasteiger partial charge on any atom is -0.339 e. The lowest BCUT2D eigenvalue weighted by atomic mass is 10.1. The lowest BCUT2D eigenvalue weighted by Crippen LogP contribution is -2.35. The number of carbonyl (C=O) groups excluding carboxylic acids is 1. The number of halogens is 1. The molecule has 1 amide bonds. The molecule has 0 aliphatic carbocycles. The molecule has 2 heterocycles. The lowest BCUT2D eigenvalue weighted by molar-refractivity contribution is 0.0723. The number of pyridine rings is 1. The Morgan fingerprint density at radius 2 is 2.07 bits per heavy atom. The van der Waals surface area contributed by atoms with Crippen LogP contribution >= 0.6 is 15.9 Å². The largest absolute Gasteiger partial charge is 0.339 e. The zero-order valence-electron chi connectivity index (χ0n) is 8.45. The summed E-state index contributed by atoms with van der Waals surface area (Å²) in [4.78, 5) is 18.0. The molecule has 0 N–H and O–H groups in total. The van der Waals surface area contributed by atoms with Crippen molar-refractivity contribution in [3.63, 3.8) is 0 Å². The van der Waals surface area contributed by atoms with Gasteiger partial charge in [-0.05, 0) is 47.3 Å². The maximum atomic E-state index is 12.1. The Morgan fingerprint density at radius 1 is 1.33 bits per heavy atom. The molecule has 80 valence electrons. The van der Waals surface area contributed by atoms with Gasteiger partial charge >= 0.3 is 0 Å². The van der Waals surface area contributed by atoms with Crippen LogP contribution in [-0.4, -0.2) is 28.9 Å². The van der Waals surface area contributed by atoms with Crippen LogP contribution in [0.1, 0.15) is 29.6 Å². The fraction of sp³-hybridized carbons (Fsp3) is 0.455. The molecule has 1 aliphatic heterocycles. The van der Waals surface area contributed by atoms with E-state index in [1.54, 1.807) is 12.3 Å². The number of likely N-dealkylation sites (tertiary alicyclic amines) is 1. The number of aromatic nitrogens is 1. The molecular formula is C11H13BrN2O. The number of rotatable bonds is 1. The number of carbonyl (C=O) groups is 1. The van der Waals surface area contributed by atoms with E-state index in [4.69, 9.17) is 0 Å². The Morgan fingerprint density at radius 3 is 2.73 bits per heavy atom. The fourth-order valence-corrected chi connectivity index (χ4v) is 2.23. The molecule has 15 heavy (non-hydrogen) atoms. The summed E-state index contributed by atoms with van der Waals surface area (Å²) in [6.07, 6.45) is 5.14. The standard InChI is InChI=1S/C11H13BrN2O/c12-10-9(5-4-6-13-10)11(15)14-7-2-1-3-8-14/h4-6H,1-3,7-8H2. The van der Waals surface area contributed by atoms with E-state index < -0.39 is 0 Å². The Balaban J connectivity index is 2.16. The van der Waals surface area contributed by atoms with E-state index in [9.17, 15) is 4.79 Å². The Hall–Kier alpha value is -0.900. The van der Waals surface area contributed by atoms with Crippen LogP contribution in [0.2, 0.25) is 0 Å². The maximum Gasteiger partial charge on any atom is 0.256 e. The van der Waals surface area contributed by atoms with Crippen molar-refractivity contribution in [2.75, 3.05) is 13.1 Å². The van der Waals surface area contributed by atoms with E-state index in [-0.39, 0.29) is 5.91 Å². The third-order valence-corrected chi connectivity index (χ3v) is 3.26. The normalized spacial score (nSPS) is 16.5. The monoisotopic (exact) mass is 268 g/mol. The van der Waals surface area contributed by atoms with Crippen LogP contribution in [0.25, 0.3) is 0 Å². The average Bonchev–Trinajstić information content (AvgIpc) is 2.30. The molecule has 2 rings (SSSR count). The van der Waals surface area contributed by atoms with Gasteiger partial charge in [0.05, 0.1) is 5.56 Å². The summed E-state index contributed by atoms with van der Waals surface area (Å²) in [7, 11) is 0. The maximum absolute atomic E-state index is 12.1. The average molecular weight is 269 g/mol. The number of hydrogen-bond acceptors (Lipinski definition) is 2. The van der Waals surface area contributed by atoms with Crippen LogP contribution < -0.4 is 0 Å². The van der Waals surface area contributed by atoms with E-state index in [0.29, 0.717) is 10.2 Å². The highest BCUT2D eigenvalue weighted by molar-refractivity contribution is 9.10. The van der Waals surface area contributed by atoms with Gasteiger partial charge in [0, 0.05) is 19.3 Å². The second-order valence-electron chi connectivity index (χ2n) is 3.69. The molecule has 1 aliphatic rings. The molecule has 3 nitrogen and oxygen atoms in total. The van der Waals surface area contributed by atoms with E-state index in [1.165, 1.54) is 6.42 Å². The molecule has 0 unspecified atom stereocenters. The highest BCUT2D eigenvalue weighted by Crippen LogP contribution is 2.17. The topological polar surface area (TPSA) is 33.2 Å². The third kappa shape index (κ3) is 2.37. The van der Waals surface area contributed by atoms with E-state index in [0.717, 1.165) is 25.9 Å². The molecule has 1 aromatic heterocycles. The predicted octanol–water partition coefficient (Wildman–Crippen LogP) is 2.47. The predicted molar refractivity (Wildman–Crippen MR) is 61.7 cm³/mol. The minimum absolute atomic E-state index is 0.0923. The van der Waals surface area contributed by atoms with Crippen molar-refractivity contribution in [3.8, 4) is 0 Å². The second kappa shape index (κ2) is 4.75. The van der Waals surface area contributed by atoms with Crippen molar-refractivity contribution in [2.24, 2.45) is 0 Å². The third-order valence-electron chi connectivity index (χ3n) is 2.63. The van der Waals surface area contributed by atoms with Gasteiger partial charge in [-0.2, -0.15) is 0 Å². The minimum atomic E-state index is 0.0923. The Bertz CT molecular complexity index is 361. The van der Waals surface area contributed by atoms with E-state index >= 15 is 0 Å². The zero-order chi connectivity index (χ0) is 10.7. The van der Waals surface area contributed by atoms with E-state index in [2.05, 4.69) is 20.9 Å². The first kappa shape index (κ1) is 10.6. The summed E-state index contributed by atoms with van der Waals surface area (Å²) >= 11 is 3.30. The zero-order valence-corrected chi connectivity index (χ0v) is 10.0. The summed E-state index contributed by atoms with van der Waals surface area (Å²) < 4.78 is 0.639. The van der Waals surface area contributed by atoms with Gasteiger partial charge in [-0.3, -0.25) is 4.79 Å². The van der Waals surface area contributed by atoms with Gasteiger partial charge in [0.25, 0.3) is 5.91 Å². The highest BCUT2D eigenvalue weighted by atomic mass is 79.9. The van der Waals surface area contributed by atoms with Crippen LogP contribution in [0.15, 0.2) is 22.9 Å². The summed E-state index contributed by atoms with van der Waals surface area (Å²) in [5, 5.41) is 0. The summed E-state index contributed by atoms with van der Waals surface area (Å²) in [5.41, 5.74) is 0.666. The van der Waals surface area contributed by atoms with Crippen molar-refractivity contribution >= 4 is 21.8 Å². The molecule has 0 radical (unpaired) electrons. The summed E-state index contributed by atoms with van der Waals surface area (Å²) in [6.45, 7) is 1.75. The Labute approximate surface area is 97.6 Å². The highest BCUT2D eigenvalue weighted by Gasteiger charge is 2.19. The van der Waals surface area contributed by atoms with Crippen molar-refractivity contribution in [2.45, 2.75) is 19.3 Å². The fourth-order valence-electron chi connectivity index (χ4n) is 1.81. The van der Waals surface area contributed by atoms with Crippen LogP contribution in [0.5, 0.6) is 0 Å². The Kier molecular flexibility index (Phi) is 3.36. The molecule has 0 bridgehead atoms. The van der Waals surface area contributed by atoms with E-state index in [1.807, 2.05) is 11.0 Å². The van der Waals surface area contributed by atoms with Crippen molar-refractivity contribution in [1.29, 1.82) is 0 Å². The number of amides is 1. The smallest absolute Gasteiger partial charge is 0.256 e.